The fraction of sp³-hybridized carbons (Fsp3) is 0.440. The van der Waals surface area contributed by atoms with E-state index in [0.29, 0.717) is 12.8 Å². The molecule has 0 heterocycles. The second-order valence-electron chi connectivity index (χ2n) is 8.03. The molecule has 0 saturated carbocycles. The van der Waals surface area contributed by atoms with E-state index in [4.69, 9.17) is 9.47 Å². The van der Waals surface area contributed by atoms with Crippen molar-refractivity contribution in [1.82, 2.24) is 0 Å². The predicted octanol–water partition coefficient (Wildman–Crippen LogP) is 6.94. The Kier molecular flexibility index (Phi) is 8.34. The van der Waals surface area contributed by atoms with Gasteiger partial charge in [-0.15, -0.1) is 0 Å². The van der Waals surface area contributed by atoms with Gasteiger partial charge in [-0.25, -0.2) is 0 Å². The van der Waals surface area contributed by atoms with Gasteiger partial charge in [0.25, 0.3) is 0 Å². The van der Waals surface area contributed by atoms with E-state index < -0.39 is 0 Å². The highest BCUT2D eigenvalue weighted by molar-refractivity contribution is 9.10. The van der Waals surface area contributed by atoms with Gasteiger partial charge in [0, 0.05) is 27.2 Å². The summed E-state index contributed by atoms with van der Waals surface area (Å²) in [6.07, 6.45) is 6.18. The van der Waals surface area contributed by atoms with Crippen LogP contribution in [0.4, 0.5) is 0 Å². The first-order chi connectivity index (χ1) is 14.9. The molecule has 0 fully saturated rings. The number of carbonyl (C=O) groups is 2. The van der Waals surface area contributed by atoms with Crippen molar-refractivity contribution in [3.05, 3.63) is 56.5 Å². The number of halogens is 2. The van der Waals surface area contributed by atoms with Gasteiger partial charge in [0.1, 0.15) is 0 Å². The molecular formula is C25H28Br2O4. The maximum atomic E-state index is 11.6. The van der Waals surface area contributed by atoms with Crippen LogP contribution in [0.25, 0.3) is 11.1 Å². The third-order valence-electron chi connectivity index (χ3n) is 6.21. The Hall–Kier alpha value is -1.66. The lowest BCUT2D eigenvalue weighted by Crippen LogP contribution is -2.26. The molecule has 0 aliphatic heterocycles. The van der Waals surface area contributed by atoms with Gasteiger partial charge in [-0.1, -0.05) is 56.8 Å². The smallest absolute Gasteiger partial charge is 0.305 e. The molecule has 1 aliphatic carbocycles. The van der Waals surface area contributed by atoms with Crippen LogP contribution in [-0.4, -0.2) is 26.2 Å². The van der Waals surface area contributed by atoms with E-state index in [2.05, 4.69) is 68.3 Å². The molecule has 2 aromatic rings. The molecule has 0 bridgehead atoms. The topological polar surface area (TPSA) is 52.6 Å². The van der Waals surface area contributed by atoms with Crippen LogP contribution in [0, 0.1) is 0 Å². The van der Waals surface area contributed by atoms with Gasteiger partial charge < -0.3 is 9.47 Å². The van der Waals surface area contributed by atoms with Crippen LogP contribution in [0.2, 0.25) is 0 Å². The monoisotopic (exact) mass is 550 g/mol. The molecule has 1 aliphatic rings. The molecule has 0 saturated heterocycles. The third-order valence-corrected chi connectivity index (χ3v) is 7.20. The van der Waals surface area contributed by atoms with Crippen molar-refractivity contribution < 1.29 is 19.1 Å². The van der Waals surface area contributed by atoms with Crippen molar-refractivity contribution in [2.24, 2.45) is 0 Å². The standard InChI is InChI=1S/C25H28Br2O4/c1-30-23(28)7-3-5-13-25(14-6-4-8-24(29)31-2)21-15-17(26)9-11-19(21)20-12-10-18(27)16-22(20)25/h9-12,15-16H,3-8,13-14H2,1-2H3. The molecule has 0 N–H and O–H groups in total. The van der Waals surface area contributed by atoms with Gasteiger partial charge in [0.05, 0.1) is 14.2 Å². The number of methoxy groups -OCH3 is 2. The van der Waals surface area contributed by atoms with E-state index >= 15 is 0 Å². The Morgan fingerprint density at radius 1 is 0.742 bits per heavy atom. The predicted molar refractivity (Wildman–Crippen MR) is 129 cm³/mol. The molecule has 6 heteroatoms. The second-order valence-corrected chi connectivity index (χ2v) is 9.86. The zero-order valence-corrected chi connectivity index (χ0v) is 21.2. The number of fused-ring (bicyclic) bond motifs is 3. The summed E-state index contributed by atoms with van der Waals surface area (Å²) in [5.41, 5.74) is 5.04. The number of rotatable bonds is 10. The lowest BCUT2D eigenvalue weighted by molar-refractivity contribution is -0.141. The average molecular weight is 552 g/mol. The van der Waals surface area contributed by atoms with E-state index in [1.807, 2.05) is 0 Å². The highest BCUT2D eigenvalue weighted by atomic mass is 79.9. The molecule has 0 atom stereocenters. The third kappa shape index (κ3) is 5.40. The number of esters is 2. The molecule has 0 aromatic heterocycles. The molecule has 0 radical (unpaired) electrons. The van der Waals surface area contributed by atoms with Crippen molar-refractivity contribution in [3.8, 4) is 11.1 Å². The zero-order chi connectivity index (χ0) is 22.4. The van der Waals surface area contributed by atoms with Crippen LogP contribution in [0.3, 0.4) is 0 Å². The van der Waals surface area contributed by atoms with Crippen LogP contribution in [-0.2, 0) is 24.5 Å². The largest absolute Gasteiger partial charge is 0.469 e. The Morgan fingerprint density at radius 3 is 1.55 bits per heavy atom. The Labute approximate surface area is 201 Å². The maximum absolute atomic E-state index is 11.6. The Morgan fingerprint density at radius 2 is 1.16 bits per heavy atom. The van der Waals surface area contributed by atoms with E-state index in [1.165, 1.54) is 36.5 Å². The van der Waals surface area contributed by atoms with Crippen LogP contribution in [0.1, 0.15) is 62.5 Å². The minimum absolute atomic E-state index is 0.148. The minimum Gasteiger partial charge on any atom is -0.469 e. The number of hydrogen-bond acceptors (Lipinski definition) is 4. The van der Waals surface area contributed by atoms with Crippen LogP contribution >= 0.6 is 31.9 Å². The zero-order valence-electron chi connectivity index (χ0n) is 18.0. The SMILES string of the molecule is COC(=O)CCCCC1(CCCCC(=O)OC)c2cc(Br)ccc2-c2ccc(Br)cc21. The van der Waals surface area contributed by atoms with E-state index in [1.54, 1.807) is 0 Å². The molecular weight excluding hydrogens is 524 g/mol. The van der Waals surface area contributed by atoms with E-state index in [9.17, 15) is 9.59 Å². The lowest BCUT2D eigenvalue weighted by atomic mass is 9.70. The maximum Gasteiger partial charge on any atom is 0.305 e. The summed E-state index contributed by atoms with van der Waals surface area (Å²) in [7, 11) is 2.87. The fourth-order valence-electron chi connectivity index (χ4n) is 4.70. The first-order valence-electron chi connectivity index (χ1n) is 10.7. The van der Waals surface area contributed by atoms with Gasteiger partial charge >= 0.3 is 11.9 Å². The summed E-state index contributed by atoms with van der Waals surface area (Å²) in [6, 6.07) is 13.0. The summed E-state index contributed by atoms with van der Waals surface area (Å²) < 4.78 is 11.7. The summed E-state index contributed by atoms with van der Waals surface area (Å²) in [5.74, 6) is -0.324. The van der Waals surface area contributed by atoms with Crippen molar-refractivity contribution >= 4 is 43.8 Å². The minimum atomic E-state index is -0.162. The Bertz CT molecular complexity index is 877. The van der Waals surface area contributed by atoms with Crippen LogP contribution in [0.15, 0.2) is 45.3 Å². The highest BCUT2D eigenvalue weighted by Crippen LogP contribution is 2.55. The van der Waals surface area contributed by atoms with Crippen molar-refractivity contribution in [2.45, 2.75) is 56.8 Å². The van der Waals surface area contributed by atoms with Gasteiger partial charge in [-0.3, -0.25) is 9.59 Å². The van der Waals surface area contributed by atoms with Crippen molar-refractivity contribution in [3.63, 3.8) is 0 Å². The highest BCUT2D eigenvalue weighted by Gasteiger charge is 2.42. The summed E-state index contributed by atoms with van der Waals surface area (Å²) in [6.45, 7) is 0. The lowest BCUT2D eigenvalue weighted by Gasteiger charge is -2.33. The molecule has 3 rings (SSSR count). The van der Waals surface area contributed by atoms with Crippen molar-refractivity contribution in [2.75, 3.05) is 14.2 Å². The normalized spacial score (nSPS) is 13.4. The molecule has 166 valence electrons. The van der Waals surface area contributed by atoms with Gasteiger partial charge in [0.2, 0.25) is 0 Å². The van der Waals surface area contributed by atoms with Gasteiger partial charge in [0.15, 0.2) is 0 Å². The number of carbonyl (C=O) groups excluding carboxylic acids is 2. The van der Waals surface area contributed by atoms with Crippen LogP contribution < -0.4 is 0 Å². The number of hydrogen-bond donors (Lipinski definition) is 0. The van der Waals surface area contributed by atoms with Gasteiger partial charge in [-0.05, 0) is 72.2 Å². The van der Waals surface area contributed by atoms with Crippen molar-refractivity contribution in [1.29, 1.82) is 0 Å². The fourth-order valence-corrected chi connectivity index (χ4v) is 5.42. The first kappa shape index (κ1) is 24.0. The van der Waals surface area contributed by atoms with Crippen LogP contribution in [0.5, 0.6) is 0 Å². The van der Waals surface area contributed by atoms with E-state index in [-0.39, 0.29) is 17.4 Å². The summed E-state index contributed by atoms with van der Waals surface area (Å²) >= 11 is 7.33. The first-order valence-corrected chi connectivity index (χ1v) is 12.2. The van der Waals surface area contributed by atoms with Gasteiger partial charge in [-0.2, -0.15) is 0 Å². The molecule has 0 amide bonds. The summed E-state index contributed by atoms with van der Waals surface area (Å²) in [5, 5.41) is 0. The quantitative estimate of drug-likeness (QED) is 0.237. The summed E-state index contributed by atoms with van der Waals surface area (Å²) in [4.78, 5) is 23.2. The second kappa shape index (κ2) is 10.8. The number of ether oxygens (including phenoxy) is 2. The number of benzene rings is 2. The molecule has 2 aromatic carbocycles. The average Bonchev–Trinajstić information content (AvgIpc) is 3.02. The van der Waals surface area contributed by atoms with E-state index in [0.717, 1.165) is 47.5 Å². The molecule has 0 unspecified atom stereocenters. The Balaban J connectivity index is 1.93. The number of unbranched alkanes of at least 4 members (excludes halogenated alkanes) is 2. The molecule has 0 spiro atoms. The molecule has 31 heavy (non-hydrogen) atoms. The molecule has 4 nitrogen and oxygen atoms in total.